The van der Waals surface area contributed by atoms with Gasteiger partial charge in [-0.15, -0.1) is 10.2 Å². The number of aryl methyl sites for hydroxylation is 1. The van der Waals surface area contributed by atoms with Crippen LogP contribution in [0.25, 0.3) is 17.1 Å². The van der Waals surface area contributed by atoms with Crippen molar-refractivity contribution in [3.8, 4) is 17.1 Å². The van der Waals surface area contributed by atoms with Gasteiger partial charge in [-0.1, -0.05) is 36.4 Å². The van der Waals surface area contributed by atoms with Gasteiger partial charge in [-0.25, -0.2) is 0 Å². The zero-order valence-corrected chi connectivity index (χ0v) is 16.8. The lowest BCUT2D eigenvalue weighted by atomic mass is 10.0. The first-order valence-electron chi connectivity index (χ1n) is 9.62. The Bertz CT molecular complexity index is 873. The van der Waals surface area contributed by atoms with E-state index in [2.05, 4.69) is 38.8 Å². The van der Waals surface area contributed by atoms with Gasteiger partial charge in [-0.2, -0.15) is 0 Å². The molecule has 0 aliphatic carbocycles. The number of aromatic nitrogens is 3. The molecule has 1 unspecified atom stereocenters. The highest BCUT2D eigenvalue weighted by Gasteiger charge is 2.21. The Labute approximate surface area is 164 Å². The first-order valence-corrected chi connectivity index (χ1v) is 10.6. The lowest BCUT2D eigenvalue weighted by molar-refractivity contribution is 0.182. The fourth-order valence-electron chi connectivity index (χ4n) is 3.76. The quantitative estimate of drug-likeness (QED) is 0.573. The van der Waals surface area contributed by atoms with Gasteiger partial charge in [-0.3, -0.25) is 4.57 Å². The van der Waals surface area contributed by atoms with Crippen LogP contribution in [0.4, 0.5) is 0 Å². The molecule has 1 aromatic carbocycles. The summed E-state index contributed by atoms with van der Waals surface area (Å²) in [6, 6.07) is 13.0. The second-order valence-electron chi connectivity index (χ2n) is 7.13. The first kappa shape index (κ1) is 18.3. The molecule has 2 aromatic heterocycles. The number of rotatable bonds is 6. The van der Waals surface area contributed by atoms with Gasteiger partial charge in [0.15, 0.2) is 11.0 Å². The van der Waals surface area contributed by atoms with Crippen molar-refractivity contribution in [2.24, 2.45) is 0 Å². The molecule has 3 heterocycles. The van der Waals surface area contributed by atoms with Gasteiger partial charge < -0.3 is 9.32 Å². The number of hydrogen-bond donors (Lipinski definition) is 0. The van der Waals surface area contributed by atoms with Gasteiger partial charge in [-0.05, 0) is 58.0 Å². The Hall–Kier alpha value is -2.05. The van der Waals surface area contributed by atoms with E-state index < -0.39 is 0 Å². The average Bonchev–Trinajstić information content (AvgIpc) is 3.30. The Kier molecular flexibility index (Phi) is 5.64. The summed E-state index contributed by atoms with van der Waals surface area (Å²) in [5.41, 5.74) is 2.07. The molecule has 1 fully saturated rings. The molecular weight excluding hydrogens is 356 g/mol. The highest BCUT2D eigenvalue weighted by atomic mass is 32.2. The summed E-state index contributed by atoms with van der Waals surface area (Å²) in [7, 11) is 2.25. The predicted molar refractivity (Wildman–Crippen MR) is 109 cm³/mol. The Morgan fingerprint density at radius 1 is 1.15 bits per heavy atom. The molecule has 5 nitrogen and oxygen atoms in total. The average molecular weight is 383 g/mol. The van der Waals surface area contributed by atoms with Crippen molar-refractivity contribution in [3.05, 3.63) is 48.4 Å². The Balaban J connectivity index is 1.57. The van der Waals surface area contributed by atoms with E-state index in [4.69, 9.17) is 4.42 Å². The minimum Gasteiger partial charge on any atom is -0.469 e. The van der Waals surface area contributed by atoms with E-state index in [9.17, 15) is 0 Å². The molecule has 27 heavy (non-hydrogen) atoms. The molecule has 0 radical (unpaired) electrons. The van der Waals surface area contributed by atoms with Crippen LogP contribution in [0.15, 0.2) is 52.2 Å². The first-order chi connectivity index (χ1) is 13.2. The van der Waals surface area contributed by atoms with Crippen LogP contribution in [0, 0.1) is 6.92 Å². The van der Waals surface area contributed by atoms with E-state index in [0.29, 0.717) is 6.04 Å². The lowest BCUT2D eigenvalue weighted by Gasteiger charge is -2.32. The second-order valence-corrected chi connectivity index (χ2v) is 8.20. The van der Waals surface area contributed by atoms with E-state index >= 15 is 0 Å². The third-order valence-electron chi connectivity index (χ3n) is 5.35. The third-order valence-corrected chi connectivity index (χ3v) is 6.31. The number of thioether (sulfide) groups is 1. The van der Waals surface area contributed by atoms with Crippen LogP contribution in [0.5, 0.6) is 0 Å². The normalized spacial score (nSPS) is 18.1. The van der Waals surface area contributed by atoms with E-state index in [0.717, 1.165) is 33.7 Å². The molecule has 142 valence electrons. The Morgan fingerprint density at radius 3 is 2.74 bits per heavy atom. The van der Waals surface area contributed by atoms with Crippen molar-refractivity contribution in [1.82, 2.24) is 19.7 Å². The topological polar surface area (TPSA) is 47.1 Å². The van der Waals surface area contributed by atoms with Crippen LogP contribution in [0.1, 0.15) is 31.4 Å². The summed E-state index contributed by atoms with van der Waals surface area (Å²) >= 11 is 1.79. The van der Waals surface area contributed by atoms with Crippen LogP contribution in [0.2, 0.25) is 0 Å². The molecule has 3 aromatic rings. The predicted octanol–water partition coefficient (Wildman–Crippen LogP) is 4.80. The van der Waals surface area contributed by atoms with Gasteiger partial charge in [0.2, 0.25) is 0 Å². The highest BCUT2D eigenvalue weighted by molar-refractivity contribution is 7.99. The maximum atomic E-state index is 5.50. The molecule has 0 bridgehead atoms. The molecule has 1 atom stereocenters. The number of hydrogen-bond acceptors (Lipinski definition) is 5. The second kappa shape index (κ2) is 8.31. The maximum Gasteiger partial charge on any atom is 0.196 e. The summed E-state index contributed by atoms with van der Waals surface area (Å²) in [6.07, 6.45) is 6.88. The molecule has 1 aliphatic rings. The van der Waals surface area contributed by atoms with Crippen molar-refractivity contribution >= 4 is 11.8 Å². The number of likely N-dealkylation sites (tertiary alicyclic amines) is 1. The van der Waals surface area contributed by atoms with Gasteiger partial charge in [0.05, 0.1) is 11.8 Å². The fourth-order valence-corrected chi connectivity index (χ4v) is 4.75. The van der Waals surface area contributed by atoms with Gasteiger partial charge >= 0.3 is 0 Å². The zero-order valence-electron chi connectivity index (χ0n) is 16.0. The largest absolute Gasteiger partial charge is 0.469 e. The van der Waals surface area contributed by atoms with Crippen molar-refractivity contribution < 1.29 is 4.42 Å². The number of para-hydroxylation sites is 1. The third kappa shape index (κ3) is 3.96. The van der Waals surface area contributed by atoms with Crippen LogP contribution in [0.3, 0.4) is 0 Å². The van der Waals surface area contributed by atoms with E-state index in [1.54, 1.807) is 18.0 Å². The van der Waals surface area contributed by atoms with Crippen molar-refractivity contribution in [3.63, 3.8) is 0 Å². The molecular formula is C21H26N4OS. The van der Waals surface area contributed by atoms with Crippen molar-refractivity contribution in [2.45, 2.75) is 43.8 Å². The molecule has 4 rings (SSSR count). The van der Waals surface area contributed by atoms with E-state index in [1.807, 2.05) is 31.2 Å². The van der Waals surface area contributed by atoms with Crippen LogP contribution in [-0.2, 0) is 0 Å². The molecule has 0 N–H and O–H groups in total. The minimum atomic E-state index is 0.690. The summed E-state index contributed by atoms with van der Waals surface area (Å²) in [4.78, 5) is 2.51. The molecule has 6 heteroatoms. The number of benzene rings is 1. The summed E-state index contributed by atoms with van der Waals surface area (Å²) in [5.74, 6) is 2.74. The summed E-state index contributed by atoms with van der Waals surface area (Å²) < 4.78 is 7.64. The van der Waals surface area contributed by atoms with Gasteiger partial charge in [0.1, 0.15) is 5.76 Å². The van der Waals surface area contributed by atoms with Crippen molar-refractivity contribution in [2.75, 3.05) is 19.3 Å². The van der Waals surface area contributed by atoms with Crippen LogP contribution >= 0.6 is 11.8 Å². The number of nitrogens with zero attached hydrogens (tertiary/aromatic N) is 4. The summed E-state index contributed by atoms with van der Waals surface area (Å²) in [6.45, 7) is 3.19. The number of furan rings is 1. The minimum absolute atomic E-state index is 0.690. The van der Waals surface area contributed by atoms with Crippen LogP contribution < -0.4 is 0 Å². The van der Waals surface area contributed by atoms with E-state index in [-0.39, 0.29) is 0 Å². The smallest absolute Gasteiger partial charge is 0.196 e. The van der Waals surface area contributed by atoms with Crippen molar-refractivity contribution in [1.29, 1.82) is 0 Å². The van der Waals surface area contributed by atoms with E-state index in [1.165, 1.54) is 32.2 Å². The Morgan fingerprint density at radius 2 is 2.00 bits per heavy atom. The SMILES string of the molecule is Cc1occc1-c1nnc(SCCC2CCCCN2C)n1-c1ccccc1. The number of piperidine rings is 1. The lowest BCUT2D eigenvalue weighted by Crippen LogP contribution is -2.36. The molecule has 1 aliphatic heterocycles. The molecule has 0 saturated carbocycles. The molecule has 0 spiro atoms. The molecule has 1 saturated heterocycles. The standard InChI is InChI=1S/C21H26N4OS/c1-16-19(11-14-26-16)20-22-23-21(25(20)18-9-4-3-5-10-18)27-15-12-17-8-6-7-13-24(17)2/h3-5,9-11,14,17H,6-8,12-13,15H2,1-2H3. The summed E-state index contributed by atoms with van der Waals surface area (Å²) in [5, 5.41) is 9.95. The van der Waals surface area contributed by atoms with Gasteiger partial charge in [0.25, 0.3) is 0 Å². The molecule has 0 amide bonds. The van der Waals surface area contributed by atoms with Gasteiger partial charge in [0, 0.05) is 17.5 Å². The van der Waals surface area contributed by atoms with Crippen LogP contribution in [-0.4, -0.2) is 45.1 Å². The monoisotopic (exact) mass is 382 g/mol. The maximum absolute atomic E-state index is 5.50. The highest BCUT2D eigenvalue weighted by Crippen LogP contribution is 2.31. The zero-order chi connectivity index (χ0) is 18.6. The fraction of sp³-hybridized carbons (Fsp3) is 0.429.